The summed E-state index contributed by atoms with van der Waals surface area (Å²) in [6.45, 7) is 5.03. The summed E-state index contributed by atoms with van der Waals surface area (Å²) in [5.74, 6) is -1.21. The Hall–Kier alpha value is -0.490. The minimum absolute atomic E-state index is 0.104. The molecule has 0 bridgehead atoms. The summed E-state index contributed by atoms with van der Waals surface area (Å²) in [6, 6.07) is -0.164. The molecule has 2 aliphatic heterocycles. The van der Waals surface area contributed by atoms with Gasteiger partial charge in [-0.25, -0.2) is 0 Å². The number of ether oxygens (including phenoxy) is 1. The average Bonchev–Trinajstić information content (AvgIpc) is 3.09. The zero-order valence-corrected chi connectivity index (χ0v) is 14.5. The molecule has 25 heavy (non-hydrogen) atoms. The molecule has 2 heterocycles. The van der Waals surface area contributed by atoms with Gasteiger partial charge in [-0.05, 0) is 26.2 Å². The first-order chi connectivity index (χ1) is 12.0. The molecule has 3 rings (SSSR count). The SMILES string of the molecule is CCOC1NC(NC2CCCC(C(F)(F)F)C2)NC(N2CCNC2)N1. The van der Waals surface area contributed by atoms with Crippen molar-refractivity contribution in [3.05, 3.63) is 0 Å². The van der Waals surface area contributed by atoms with E-state index in [2.05, 4.69) is 31.5 Å². The predicted molar refractivity (Wildman–Crippen MR) is 86.9 cm³/mol. The van der Waals surface area contributed by atoms with Gasteiger partial charge in [-0.1, -0.05) is 6.42 Å². The van der Waals surface area contributed by atoms with Gasteiger partial charge in [0, 0.05) is 25.7 Å². The molecule has 5 unspecified atom stereocenters. The summed E-state index contributed by atoms with van der Waals surface area (Å²) in [7, 11) is 0. The van der Waals surface area contributed by atoms with E-state index in [0.29, 0.717) is 13.0 Å². The molecule has 146 valence electrons. The highest BCUT2D eigenvalue weighted by molar-refractivity contribution is 4.86. The third-order valence-electron chi connectivity index (χ3n) is 5.08. The third-order valence-corrected chi connectivity index (χ3v) is 5.08. The molecular formula is C15H29F3N6O. The molecule has 0 radical (unpaired) electrons. The van der Waals surface area contributed by atoms with Gasteiger partial charge in [0.1, 0.15) is 12.6 Å². The Morgan fingerprint density at radius 2 is 2.04 bits per heavy atom. The van der Waals surface area contributed by atoms with Crippen LogP contribution in [0.1, 0.15) is 32.6 Å². The van der Waals surface area contributed by atoms with E-state index < -0.39 is 12.1 Å². The van der Waals surface area contributed by atoms with E-state index in [1.807, 2.05) is 6.92 Å². The van der Waals surface area contributed by atoms with E-state index in [1.54, 1.807) is 0 Å². The van der Waals surface area contributed by atoms with Gasteiger partial charge >= 0.3 is 6.18 Å². The summed E-state index contributed by atoms with van der Waals surface area (Å²) in [5, 5.41) is 16.5. The molecule has 0 aromatic rings. The van der Waals surface area contributed by atoms with Crippen LogP contribution in [0.25, 0.3) is 0 Å². The van der Waals surface area contributed by atoms with Gasteiger partial charge in [-0.15, -0.1) is 0 Å². The largest absolute Gasteiger partial charge is 0.391 e. The first kappa shape index (κ1) is 19.3. The highest BCUT2D eigenvalue weighted by Crippen LogP contribution is 2.37. The van der Waals surface area contributed by atoms with E-state index in [1.165, 1.54) is 0 Å². The maximum atomic E-state index is 13.0. The molecular weight excluding hydrogens is 337 g/mol. The normalized spacial score (nSPS) is 38.2. The summed E-state index contributed by atoms with van der Waals surface area (Å²) in [5.41, 5.74) is 0. The predicted octanol–water partition coefficient (Wildman–Crippen LogP) is 0.230. The van der Waals surface area contributed by atoms with Crippen LogP contribution in [-0.4, -0.2) is 62.4 Å². The minimum Gasteiger partial charge on any atom is -0.350 e. The van der Waals surface area contributed by atoms with Crippen LogP contribution in [0.15, 0.2) is 0 Å². The van der Waals surface area contributed by atoms with Crippen molar-refractivity contribution >= 4 is 0 Å². The number of rotatable bonds is 5. The molecule has 0 amide bonds. The molecule has 5 atom stereocenters. The monoisotopic (exact) mass is 366 g/mol. The highest BCUT2D eigenvalue weighted by Gasteiger charge is 2.43. The molecule has 1 aliphatic carbocycles. The smallest absolute Gasteiger partial charge is 0.350 e. The van der Waals surface area contributed by atoms with Crippen LogP contribution in [0.2, 0.25) is 0 Å². The molecule has 5 N–H and O–H groups in total. The first-order valence-corrected chi connectivity index (χ1v) is 9.13. The molecule has 7 nitrogen and oxygen atoms in total. The Labute approximate surface area is 146 Å². The van der Waals surface area contributed by atoms with Gasteiger partial charge < -0.3 is 10.1 Å². The van der Waals surface area contributed by atoms with E-state index in [0.717, 1.165) is 26.2 Å². The Morgan fingerprint density at radius 1 is 1.20 bits per heavy atom. The number of alkyl halides is 3. The van der Waals surface area contributed by atoms with Crippen molar-refractivity contribution in [3.8, 4) is 0 Å². The molecule has 3 aliphatic rings. The molecule has 0 spiro atoms. The second kappa shape index (κ2) is 8.47. The van der Waals surface area contributed by atoms with Gasteiger partial charge in [-0.3, -0.25) is 26.2 Å². The van der Waals surface area contributed by atoms with Crippen molar-refractivity contribution in [1.82, 2.24) is 31.5 Å². The fourth-order valence-electron chi connectivity index (χ4n) is 3.79. The van der Waals surface area contributed by atoms with Crippen LogP contribution in [-0.2, 0) is 4.74 Å². The van der Waals surface area contributed by atoms with E-state index in [4.69, 9.17) is 4.74 Å². The second-order valence-electron chi connectivity index (χ2n) is 6.91. The van der Waals surface area contributed by atoms with Crippen LogP contribution in [0.5, 0.6) is 0 Å². The number of hydrogen-bond acceptors (Lipinski definition) is 7. The molecule has 1 saturated carbocycles. The number of halogens is 3. The van der Waals surface area contributed by atoms with Crippen LogP contribution >= 0.6 is 0 Å². The average molecular weight is 366 g/mol. The summed E-state index contributed by atoms with van der Waals surface area (Å²) < 4.78 is 44.7. The first-order valence-electron chi connectivity index (χ1n) is 9.13. The van der Waals surface area contributed by atoms with Crippen molar-refractivity contribution in [1.29, 1.82) is 0 Å². The zero-order valence-electron chi connectivity index (χ0n) is 14.5. The second-order valence-corrected chi connectivity index (χ2v) is 6.91. The maximum absolute atomic E-state index is 13.0. The Bertz CT molecular complexity index is 421. The Morgan fingerprint density at radius 3 is 2.72 bits per heavy atom. The zero-order chi connectivity index (χ0) is 17.9. The number of hydrogen-bond donors (Lipinski definition) is 5. The Kier molecular flexibility index (Phi) is 6.53. The van der Waals surface area contributed by atoms with Crippen molar-refractivity contribution in [3.63, 3.8) is 0 Å². The van der Waals surface area contributed by atoms with Crippen LogP contribution in [0, 0.1) is 5.92 Å². The lowest BCUT2D eigenvalue weighted by molar-refractivity contribution is -0.184. The lowest BCUT2D eigenvalue weighted by atomic mass is 9.85. The van der Waals surface area contributed by atoms with Gasteiger partial charge in [0.2, 0.25) is 0 Å². The van der Waals surface area contributed by atoms with Crippen LogP contribution < -0.4 is 26.6 Å². The van der Waals surface area contributed by atoms with E-state index >= 15 is 0 Å². The fourth-order valence-corrected chi connectivity index (χ4v) is 3.79. The minimum atomic E-state index is -4.10. The van der Waals surface area contributed by atoms with Gasteiger partial charge in [-0.2, -0.15) is 13.2 Å². The van der Waals surface area contributed by atoms with Crippen LogP contribution in [0.3, 0.4) is 0 Å². The molecule has 10 heteroatoms. The van der Waals surface area contributed by atoms with E-state index in [-0.39, 0.29) is 37.8 Å². The summed E-state index contributed by atoms with van der Waals surface area (Å²) >= 11 is 0. The van der Waals surface area contributed by atoms with Gasteiger partial charge in [0.25, 0.3) is 0 Å². The quantitative estimate of drug-likeness (QED) is 0.477. The standard InChI is InChI=1S/C15H29F3N6O/c1-2-25-14-22-12(21-13(23-14)24-7-6-19-9-24)20-11-5-3-4-10(8-11)15(16,17)18/h10-14,19-23H,2-9H2,1H3. The maximum Gasteiger partial charge on any atom is 0.391 e. The van der Waals surface area contributed by atoms with Crippen LogP contribution in [0.4, 0.5) is 13.2 Å². The highest BCUT2D eigenvalue weighted by atomic mass is 19.4. The van der Waals surface area contributed by atoms with E-state index in [9.17, 15) is 13.2 Å². The van der Waals surface area contributed by atoms with Gasteiger partial charge in [0.05, 0.1) is 12.6 Å². The van der Waals surface area contributed by atoms with Crippen molar-refractivity contribution in [2.24, 2.45) is 5.92 Å². The lowest BCUT2D eigenvalue weighted by Gasteiger charge is -2.43. The topological polar surface area (TPSA) is 72.6 Å². The molecule has 3 fully saturated rings. The molecule has 0 aromatic carbocycles. The lowest BCUT2D eigenvalue weighted by Crippen LogP contribution is -2.76. The number of nitrogens with zero attached hydrogens (tertiary/aromatic N) is 1. The Balaban J connectivity index is 1.57. The third kappa shape index (κ3) is 5.25. The summed E-state index contributed by atoms with van der Waals surface area (Å²) in [6.07, 6.45) is -3.14. The van der Waals surface area contributed by atoms with Crippen molar-refractivity contribution in [2.45, 2.75) is 63.8 Å². The fraction of sp³-hybridized carbons (Fsp3) is 1.00. The summed E-state index contributed by atoms with van der Waals surface area (Å²) in [4.78, 5) is 2.20. The van der Waals surface area contributed by atoms with Crippen molar-refractivity contribution < 1.29 is 17.9 Å². The van der Waals surface area contributed by atoms with Crippen molar-refractivity contribution in [2.75, 3.05) is 26.4 Å². The number of nitrogens with one attached hydrogen (secondary N) is 5. The molecule has 0 aromatic heterocycles. The van der Waals surface area contributed by atoms with Gasteiger partial charge in [0.15, 0.2) is 6.35 Å². The molecule has 2 saturated heterocycles.